The molecule has 0 unspecified atom stereocenters. The number of nitrogens with zero attached hydrogens (tertiary/aromatic N) is 4. The number of ether oxygens (including phenoxy) is 1. The molecule has 0 N–H and O–H groups in total. The summed E-state index contributed by atoms with van der Waals surface area (Å²) in [6.45, 7) is 5.45. The molecule has 7 nitrogen and oxygen atoms in total. The number of rotatable bonds is 5. The minimum Gasteiger partial charge on any atom is -0.371 e. The molecule has 0 aliphatic carbocycles. The Balaban J connectivity index is 1.73. The van der Waals surface area contributed by atoms with Crippen LogP contribution in [0.4, 0.5) is 0 Å². The van der Waals surface area contributed by atoms with Gasteiger partial charge < -0.3 is 14.2 Å². The first kappa shape index (κ1) is 13.9. The molecule has 21 heavy (non-hydrogen) atoms. The van der Waals surface area contributed by atoms with Gasteiger partial charge in [-0.1, -0.05) is 15.7 Å². The van der Waals surface area contributed by atoms with Gasteiger partial charge in [0.25, 0.3) is 5.91 Å². The van der Waals surface area contributed by atoms with Gasteiger partial charge in [0.1, 0.15) is 11.5 Å². The third-order valence-electron chi connectivity index (χ3n) is 3.25. The largest absolute Gasteiger partial charge is 0.371 e. The zero-order valence-corrected chi connectivity index (χ0v) is 12.1. The Morgan fingerprint density at radius 2 is 2.52 bits per heavy atom. The van der Waals surface area contributed by atoms with Crippen molar-refractivity contribution in [3.8, 4) is 0 Å². The van der Waals surface area contributed by atoms with Crippen LogP contribution in [-0.2, 0) is 24.3 Å². The fourth-order valence-electron chi connectivity index (χ4n) is 2.21. The second-order valence-corrected chi connectivity index (χ2v) is 5.21. The molecule has 3 heterocycles. The summed E-state index contributed by atoms with van der Waals surface area (Å²) in [4.78, 5) is 14.0. The normalized spacial score (nSPS) is 14.0. The van der Waals surface area contributed by atoms with Crippen molar-refractivity contribution in [2.24, 2.45) is 0 Å². The predicted molar refractivity (Wildman–Crippen MR) is 74.7 cm³/mol. The van der Waals surface area contributed by atoms with Crippen molar-refractivity contribution in [3.05, 3.63) is 40.7 Å². The average molecular weight is 306 g/mol. The molecule has 110 valence electrons. The van der Waals surface area contributed by atoms with Crippen molar-refractivity contribution in [2.45, 2.75) is 19.6 Å². The number of carbonyl (C=O) groups is 1. The van der Waals surface area contributed by atoms with E-state index in [4.69, 9.17) is 9.26 Å². The van der Waals surface area contributed by atoms with Crippen molar-refractivity contribution >= 4 is 17.4 Å². The van der Waals surface area contributed by atoms with Crippen molar-refractivity contribution in [1.29, 1.82) is 0 Å². The molecule has 2 aromatic heterocycles. The van der Waals surface area contributed by atoms with Crippen molar-refractivity contribution in [1.82, 2.24) is 19.6 Å². The van der Waals surface area contributed by atoms with Crippen LogP contribution in [0, 0.1) is 0 Å². The van der Waals surface area contributed by atoms with E-state index in [2.05, 4.69) is 21.3 Å². The lowest BCUT2D eigenvalue weighted by atomic mass is 10.1. The fourth-order valence-corrected chi connectivity index (χ4v) is 2.64. The molecule has 2 aromatic rings. The van der Waals surface area contributed by atoms with E-state index < -0.39 is 0 Å². The summed E-state index contributed by atoms with van der Waals surface area (Å²) in [5.41, 5.74) is 2.05. The van der Waals surface area contributed by atoms with Gasteiger partial charge in [0.15, 0.2) is 5.69 Å². The molecular weight excluding hydrogens is 292 g/mol. The van der Waals surface area contributed by atoms with E-state index in [9.17, 15) is 4.79 Å². The summed E-state index contributed by atoms with van der Waals surface area (Å²) in [6, 6.07) is 0. The molecule has 0 aromatic carbocycles. The summed E-state index contributed by atoms with van der Waals surface area (Å²) < 4.78 is 14.4. The maximum atomic E-state index is 12.3. The molecule has 0 saturated heterocycles. The zero-order valence-electron chi connectivity index (χ0n) is 11.3. The predicted octanol–water partition coefficient (Wildman–Crippen LogP) is 1.43. The van der Waals surface area contributed by atoms with E-state index >= 15 is 0 Å². The summed E-state index contributed by atoms with van der Waals surface area (Å²) in [5.74, 6) is 0.709. The molecule has 0 atom stereocenters. The van der Waals surface area contributed by atoms with E-state index in [0.717, 1.165) is 17.0 Å². The fraction of sp³-hybridized carbons (Fsp3) is 0.385. The van der Waals surface area contributed by atoms with Crippen LogP contribution in [0.25, 0.3) is 0 Å². The molecule has 1 amide bonds. The van der Waals surface area contributed by atoms with Crippen LogP contribution in [0.15, 0.2) is 22.6 Å². The maximum Gasteiger partial charge on any atom is 0.275 e. The van der Waals surface area contributed by atoms with Crippen LogP contribution < -0.4 is 0 Å². The topological polar surface area (TPSA) is 81.4 Å². The number of aromatic nitrogens is 3. The standard InChI is InChI=1S/C13H14N4O3S/c1-2-5-19-7-10-9-6-17(4-3-12(9)20-15-10)13(18)11-8-21-16-14-11/h2,8H,1,3-7H2. The monoisotopic (exact) mass is 306 g/mol. The molecule has 0 spiro atoms. The molecular formula is C13H14N4O3S. The molecule has 0 fully saturated rings. The molecule has 0 bridgehead atoms. The number of fused-ring (bicyclic) bond motifs is 1. The Bertz CT molecular complexity index is 638. The highest BCUT2D eigenvalue weighted by Crippen LogP contribution is 2.24. The maximum absolute atomic E-state index is 12.3. The smallest absolute Gasteiger partial charge is 0.275 e. The Morgan fingerprint density at radius 1 is 1.62 bits per heavy atom. The van der Waals surface area contributed by atoms with Crippen LogP contribution >= 0.6 is 11.5 Å². The summed E-state index contributed by atoms with van der Waals surface area (Å²) >= 11 is 1.17. The lowest BCUT2D eigenvalue weighted by molar-refractivity contribution is 0.0721. The van der Waals surface area contributed by atoms with Gasteiger partial charge >= 0.3 is 0 Å². The molecule has 1 aliphatic heterocycles. The molecule has 3 rings (SSSR count). The summed E-state index contributed by atoms with van der Waals surface area (Å²) in [5, 5.41) is 9.50. The first-order valence-corrected chi connectivity index (χ1v) is 7.34. The third-order valence-corrected chi connectivity index (χ3v) is 3.75. The van der Waals surface area contributed by atoms with Crippen LogP contribution in [0.5, 0.6) is 0 Å². The molecule has 0 radical (unpaired) electrons. The minimum absolute atomic E-state index is 0.117. The van der Waals surface area contributed by atoms with Crippen molar-refractivity contribution in [2.75, 3.05) is 13.2 Å². The highest BCUT2D eigenvalue weighted by atomic mass is 32.1. The number of amides is 1. The second-order valence-electron chi connectivity index (χ2n) is 4.60. The summed E-state index contributed by atoms with van der Waals surface area (Å²) in [7, 11) is 0. The highest BCUT2D eigenvalue weighted by Gasteiger charge is 2.28. The molecule has 0 saturated carbocycles. The van der Waals surface area contributed by atoms with Gasteiger partial charge in [-0.2, -0.15) is 0 Å². The average Bonchev–Trinajstić information content (AvgIpc) is 3.16. The molecule has 1 aliphatic rings. The van der Waals surface area contributed by atoms with Crippen LogP contribution in [0.3, 0.4) is 0 Å². The Labute approximate surface area is 125 Å². The van der Waals surface area contributed by atoms with Gasteiger partial charge in [0, 0.05) is 23.9 Å². The van der Waals surface area contributed by atoms with Gasteiger partial charge in [-0.05, 0) is 11.5 Å². The van der Waals surface area contributed by atoms with Gasteiger partial charge in [0.2, 0.25) is 0 Å². The van der Waals surface area contributed by atoms with Crippen LogP contribution in [-0.4, -0.2) is 38.7 Å². The van der Waals surface area contributed by atoms with Crippen molar-refractivity contribution < 1.29 is 14.1 Å². The first-order valence-electron chi connectivity index (χ1n) is 6.51. The van der Waals surface area contributed by atoms with Gasteiger partial charge in [-0.25, -0.2) is 0 Å². The van der Waals surface area contributed by atoms with Crippen LogP contribution in [0.2, 0.25) is 0 Å². The first-order chi connectivity index (χ1) is 10.3. The second kappa shape index (κ2) is 6.15. The minimum atomic E-state index is -0.117. The quantitative estimate of drug-likeness (QED) is 0.614. The highest BCUT2D eigenvalue weighted by molar-refractivity contribution is 7.03. The van der Waals surface area contributed by atoms with Gasteiger partial charge in [0.05, 0.1) is 19.8 Å². The van der Waals surface area contributed by atoms with E-state index in [-0.39, 0.29) is 5.91 Å². The van der Waals surface area contributed by atoms with Gasteiger partial charge in [-0.15, -0.1) is 11.7 Å². The number of hydrogen-bond donors (Lipinski definition) is 0. The van der Waals surface area contributed by atoms with E-state index in [1.165, 1.54) is 11.5 Å². The summed E-state index contributed by atoms with van der Waals surface area (Å²) in [6.07, 6.45) is 2.32. The SMILES string of the molecule is C=CCOCc1noc2c1CN(C(=O)c1csnn1)CC2. The third kappa shape index (κ3) is 2.86. The van der Waals surface area contributed by atoms with E-state index in [1.54, 1.807) is 16.4 Å². The van der Waals surface area contributed by atoms with E-state index in [1.807, 2.05) is 0 Å². The van der Waals surface area contributed by atoms with Gasteiger partial charge in [-0.3, -0.25) is 4.79 Å². The number of carbonyl (C=O) groups excluding carboxylic acids is 1. The lowest BCUT2D eigenvalue weighted by Crippen LogP contribution is -2.36. The lowest BCUT2D eigenvalue weighted by Gasteiger charge is -2.25. The van der Waals surface area contributed by atoms with Crippen molar-refractivity contribution in [3.63, 3.8) is 0 Å². The molecule has 8 heteroatoms. The number of hydrogen-bond acceptors (Lipinski definition) is 7. The zero-order chi connectivity index (χ0) is 14.7. The Hall–Kier alpha value is -2.06. The Morgan fingerprint density at radius 3 is 3.29 bits per heavy atom. The Kier molecular flexibility index (Phi) is 4.07. The van der Waals surface area contributed by atoms with Crippen LogP contribution in [0.1, 0.15) is 27.5 Å². The van der Waals surface area contributed by atoms with E-state index in [0.29, 0.717) is 38.4 Å².